The molecule has 1 atom stereocenters. The maximum absolute atomic E-state index is 13.0. The zero-order valence-electron chi connectivity index (χ0n) is 17.6. The van der Waals surface area contributed by atoms with Gasteiger partial charge in [-0.15, -0.1) is 0 Å². The van der Waals surface area contributed by atoms with Crippen molar-refractivity contribution in [2.24, 2.45) is 0 Å². The van der Waals surface area contributed by atoms with E-state index in [0.29, 0.717) is 22.7 Å². The Morgan fingerprint density at radius 3 is 2.38 bits per heavy atom. The third-order valence-electron chi connectivity index (χ3n) is 4.61. The molecule has 32 heavy (non-hydrogen) atoms. The first-order chi connectivity index (χ1) is 15.6. The molecule has 3 aromatic carbocycles. The van der Waals surface area contributed by atoms with Crippen LogP contribution in [0.3, 0.4) is 0 Å². The molecule has 2 amide bonds. The van der Waals surface area contributed by atoms with Gasteiger partial charge in [-0.25, -0.2) is 0 Å². The lowest BCUT2D eigenvalue weighted by molar-refractivity contribution is -0.118. The minimum atomic E-state index is -0.690. The molecule has 2 N–H and O–H groups in total. The summed E-state index contributed by atoms with van der Waals surface area (Å²) in [6.07, 6.45) is 2.45. The molecule has 0 spiro atoms. The van der Waals surface area contributed by atoms with Crippen LogP contribution in [-0.4, -0.2) is 29.9 Å². The van der Waals surface area contributed by atoms with Crippen LogP contribution < -0.4 is 10.6 Å². The number of rotatable bonds is 7. The Morgan fingerprint density at radius 1 is 0.938 bits per heavy atom. The van der Waals surface area contributed by atoms with Crippen molar-refractivity contribution in [3.8, 4) is 11.8 Å². The van der Waals surface area contributed by atoms with Crippen LogP contribution in [0, 0.1) is 11.8 Å². The summed E-state index contributed by atoms with van der Waals surface area (Å²) >= 11 is 7.74. The van der Waals surface area contributed by atoms with Crippen LogP contribution in [0.15, 0.2) is 78.9 Å². The highest BCUT2D eigenvalue weighted by atomic mass is 35.5. The van der Waals surface area contributed by atoms with Gasteiger partial charge in [0.1, 0.15) is 6.04 Å². The van der Waals surface area contributed by atoms with Crippen LogP contribution in [-0.2, 0) is 4.79 Å². The van der Waals surface area contributed by atoms with Crippen molar-refractivity contribution in [2.75, 3.05) is 17.3 Å². The Hall–Kier alpha value is -3.20. The lowest BCUT2D eigenvalue weighted by atomic mass is 10.1. The molecule has 6 heteroatoms. The second kappa shape index (κ2) is 12.0. The minimum Gasteiger partial charge on any atom is -0.340 e. The largest absolute Gasteiger partial charge is 0.340 e. The van der Waals surface area contributed by atoms with Gasteiger partial charge in [0.05, 0.1) is 10.6 Å². The first-order valence-electron chi connectivity index (χ1n) is 10.1. The lowest BCUT2D eigenvalue weighted by Gasteiger charge is -2.18. The van der Waals surface area contributed by atoms with Gasteiger partial charge in [0, 0.05) is 16.8 Å². The van der Waals surface area contributed by atoms with E-state index in [0.717, 1.165) is 16.9 Å². The first-order valence-corrected chi connectivity index (χ1v) is 11.9. The van der Waals surface area contributed by atoms with Crippen LogP contribution in [0.2, 0.25) is 5.02 Å². The normalized spacial score (nSPS) is 11.1. The number of benzene rings is 3. The summed E-state index contributed by atoms with van der Waals surface area (Å²) < 4.78 is 0. The molecule has 3 aromatic rings. The third kappa shape index (κ3) is 6.91. The van der Waals surface area contributed by atoms with Gasteiger partial charge in [-0.3, -0.25) is 9.59 Å². The summed E-state index contributed by atoms with van der Waals surface area (Å²) in [5.41, 5.74) is 2.67. The van der Waals surface area contributed by atoms with E-state index in [1.54, 1.807) is 42.1 Å². The number of nitrogens with one attached hydrogen (secondary N) is 2. The summed E-state index contributed by atoms with van der Waals surface area (Å²) in [6, 6.07) is 23.1. The lowest BCUT2D eigenvalue weighted by Crippen LogP contribution is -2.44. The molecular weight excluding hydrogens is 440 g/mol. The Kier molecular flexibility index (Phi) is 8.79. The summed E-state index contributed by atoms with van der Waals surface area (Å²) in [5, 5.41) is 6.06. The van der Waals surface area contributed by atoms with Gasteiger partial charge in [-0.2, -0.15) is 11.8 Å². The van der Waals surface area contributed by atoms with E-state index in [4.69, 9.17) is 11.6 Å². The molecule has 3 rings (SSSR count). The number of carbonyl (C=O) groups is 2. The first kappa shape index (κ1) is 23.5. The summed E-state index contributed by atoms with van der Waals surface area (Å²) in [4.78, 5) is 25.6. The molecule has 4 nitrogen and oxygen atoms in total. The molecule has 0 aliphatic carbocycles. The number of halogens is 1. The number of anilines is 1. The number of hydrogen-bond acceptors (Lipinski definition) is 3. The molecule has 0 aromatic heterocycles. The fourth-order valence-electron chi connectivity index (χ4n) is 2.96. The predicted molar refractivity (Wildman–Crippen MR) is 133 cm³/mol. The zero-order chi connectivity index (χ0) is 22.8. The summed E-state index contributed by atoms with van der Waals surface area (Å²) in [6.45, 7) is 0. The quantitative estimate of drug-likeness (QED) is 0.472. The Balaban J connectivity index is 1.71. The second-order valence-corrected chi connectivity index (χ2v) is 8.37. The van der Waals surface area contributed by atoms with E-state index in [1.807, 2.05) is 54.8 Å². The van der Waals surface area contributed by atoms with E-state index in [2.05, 4.69) is 22.5 Å². The van der Waals surface area contributed by atoms with E-state index < -0.39 is 6.04 Å². The van der Waals surface area contributed by atoms with E-state index >= 15 is 0 Å². The van der Waals surface area contributed by atoms with Crippen molar-refractivity contribution >= 4 is 40.9 Å². The topological polar surface area (TPSA) is 58.2 Å². The fourth-order valence-corrected chi connectivity index (χ4v) is 3.65. The van der Waals surface area contributed by atoms with Crippen LogP contribution >= 0.6 is 23.4 Å². The Labute approximate surface area is 197 Å². The maximum atomic E-state index is 13.0. The molecule has 0 aliphatic heterocycles. The Morgan fingerprint density at radius 2 is 1.62 bits per heavy atom. The van der Waals surface area contributed by atoms with Crippen molar-refractivity contribution in [1.82, 2.24) is 5.32 Å². The summed E-state index contributed by atoms with van der Waals surface area (Å²) in [7, 11) is 0. The average molecular weight is 463 g/mol. The average Bonchev–Trinajstić information content (AvgIpc) is 2.81. The molecule has 0 aliphatic rings. The number of amides is 2. The Bertz CT molecular complexity index is 1140. The number of hydrogen-bond donors (Lipinski definition) is 2. The van der Waals surface area contributed by atoms with Gasteiger partial charge in [0.2, 0.25) is 5.91 Å². The number of thioether (sulfide) groups is 1. The molecule has 0 bridgehead atoms. The smallest absolute Gasteiger partial charge is 0.253 e. The molecule has 0 heterocycles. The molecular formula is C26H23ClN2O2S. The highest BCUT2D eigenvalue weighted by molar-refractivity contribution is 7.98. The molecule has 0 radical (unpaired) electrons. The molecule has 1 unspecified atom stereocenters. The van der Waals surface area contributed by atoms with Crippen molar-refractivity contribution in [3.63, 3.8) is 0 Å². The van der Waals surface area contributed by atoms with Gasteiger partial charge >= 0.3 is 0 Å². The molecule has 0 saturated carbocycles. The fraction of sp³-hybridized carbons (Fsp3) is 0.154. The van der Waals surface area contributed by atoms with Gasteiger partial charge in [0.25, 0.3) is 5.91 Å². The van der Waals surface area contributed by atoms with Gasteiger partial charge < -0.3 is 10.6 Å². The van der Waals surface area contributed by atoms with E-state index in [9.17, 15) is 9.59 Å². The number of carbonyl (C=O) groups excluding carboxylic acids is 2. The maximum Gasteiger partial charge on any atom is 0.253 e. The van der Waals surface area contributed by atoms with E-state index in [-0.39, 0.29) is 11.8 Å². The van der Waals surface area contributed by atoms with Gasteiger partial charge in [-0.1, -0.05) is 59.8 Å². The van der Waals surface area contributed by atoms with Crippen LogP contribution in [0.4, 0.5) is 5.69 Å². The SMILES string of the molecule is CSCCC(NC(=O)c1ccccc1Cl)C(=O)Nc1cccc(C#Cc2ccccc2)c1. The highest BCUT2D eigenvalue weighted by Gasteiger charge is 2.22. The molecule has 162 valence electrons. The molecule has 0 fully saturated rings. The van der Waals surface area contributed by atoms with Crippen molar-refractivity contribution < 1.29 is 9.59 Å². The molecule has 0 saturated heterocycles. The zero-order valence-corrected chi connectivity index (χ0v) is 19.2. The minimum absolute atomic E-state index is 0.285. The highest BCUT2D eigenvalue weighted by Crippen LogP contribution is 2.16. The monoisotopic (exact) mass is 462 g/mol. The van der Waals surface area contributed by atoms with Crippen LogP contribution in [0.5, 0.6) is 0 Å². The summed E-state index contributed by atoms with van der Waals surface area (Å²) in [5.74, 6) is 6.28. The standard InChI is InChI=1S/C26H23ClN2O2S/c1-32-17-16-24(29-25(30)22-12-5-6-13-23(22)27)26(31)28-21-11-7-10-20(18-21)15-14-19-8-3-2-4-9-19/h2-13,18,24H,16-17H2,1H3,(H,28,31)(H,29,30). The van der Waals surface area contributed by atoms with Crippen molar-refractivity contribution in [2.45, 2.75) is 12.5 Å². The van der Waals surface area contributed by atoms with Crippen LogP contribution in [0.25, 0.3) is 0 Å². The van der Waals surface area contributed by atoms with Crippen LogP contribution in [0.1, 0.15) is 27.9 Å². The van der Waals surface area contributed by atoms with Gasteiger partial charge in [-0.05, 0) is 60.9 Å². The predicted octanol–water partition coefficient (Wildman–Crippen LogP) is 5.23. The van der Waals surface area contributed by atoms with E-state index in [1.165, 1.54) is 0 Å². The van der Waals surface area contributed by atoms with Crippen molar-refractivity contribution in [3.05, 3.63) is 101 Å². The van der Waals surface area contributed by atoms with Crippen molar-refractivity contribution in [1.29, 1.82) is 0 Å². The third-order valence-corrected chi connectivity index (χ3v) is 5.58. The second-order valence-electron chi connectivity index (χ2n) is 6.97. The van der Waals surface area contributed by atoms with Gasteiger partial charge in [0.15, 0.2) is 0 Å².